The number of carbonyl (C=O) groups is 2. The Kier molecular flexibility index (Phi) is 6.23. The van der Waals surface area contributed by atoms with Crippen molar-refractivity contribution in [1.82, 2.24) is 5.32 Å². The molecule has 0 atom stereocenters. The van der Waals surface area contributed by atoms with E-state index >= 15 is 0 Å². The van der Waals surface area contributed by atoms with Crippen LogP contribution in [0.5, 0.6) is 5.75 Å². The van der Waals surface area contributed by atoms with Crippen LogP contribution in [-0.4, -0.2) is 25.0 Å². The molecule has 0 aromatic heterocycles. The number of hydrogen-bond donors (Lipinski definition) is 1. The Bertz CT molecular complexity index is 1110. The summed E-state index contributed by atoms with van der Waals surface area (Å²) in [5.41, 5.74) is 4.05. The minimum atomic E-state index is -0.196. The maximum atomic E-state index is 13.0. The molecule has 1 N–H and O–H groups in total. The zero-order chi connectivity index (χ0) is 21.8. The van der Waals surface area contributed by atoms with Gasteiger partial charge in [-0.15, -0.1) is 0 Å². The fourth-order valence-corrected chi connectivity index (χ4v) is 3.83. The molecule has 0 fully saturated rings. The van der Waals surface area contributed by atoms with Gasteiger partial charge in [0.25, 0.3) is 11.8 Å². The van der Waals surface area contributed by atoms with E-state index in [2.05, 4.69) is 5.32 Å². The van der Waals surface area contributed by atoms with E-state index in [9.17, 15) is 9.59 Å². The first-order valence-electron chi connectivity index (χ1n) is 10.3. The molecule has 0 saturated heterocycles. The third-order valence-electron chi connectivity index (χ3n) is 5.27. The van der Waals surface area contributed by atoms with Crippen molar-refractivity contribution in [3.8, 4) is 5.75 Å². The van der Waals surface area contributed by atoms with Gasteiger partial charge >= 0.3 is 0 Å². The summed E-state index contributed by atoms with van der Waals surface area (Å²) in [6, 6.07) is 20.1. The van der Waals surface area contributed by atoms with Gasteiger partial charge < -0.3 is 15.0 Å². The van der Waals surface area contributed by atoms with Crippen LogP contribution in [0, 0.1) is 0 Å². The summed E-state index contributed by atoms with van der Waals surface area (Å²) in [6.07, 6.45) is 0.809. The second-order valence-corrected chi connectivity index (χ2v) is 7.73. The van der Waals surface area contributed by atoms with Gasteiger partial charge in [0.2, 0.25) is 0 Å². The molecule has 1 heterocycles. The van der Waals surface area contributed by atoms with Gasteiger partial charge in [0, 0.05) is 29.4 Å². The first-order chi connectivity index (χ1) is 15.1. The average Bonchev–Trinajstić information content (AvgIpc) is 3.21. The Labute approximate surface area is 186 Å². The third kappa shape index (κ3) is 4.57. The van der Waals surface area contributed by atoms with Crippen LogP contribution in [0.25, 0.3) is 0 Å². The molecule has 4 rings (SSSR count). The number of benzene rings is 3. The molecule has 31 heavy (non-hydrogen) atoms. The maximum absolute atomic E-state index is 13.0. The monoisotopic (exact) mass is 434 g/mol. The van der Waals surface area contributed by atoms with Crippen LogP contribution >= 0.6 is 11.6 Å². The standard InChI is InChI=1S/C25H23ClN2O3/c1-2-31-23-6-4-3-5-21(23)24(29)27-16-17-7-8-18-13-14-28(22(18)15-17)25(30)19-9-11-20(26)12-10-19/h3-12,15H,2,13-14,16H2,1H3,(H,27,29). The van der Waals surface area contributed by atoms with Crippen molar-refractivity contribution >= 4 is 29.1 Å². The predicted molar refractivity (Wildman–Crippen MR) is 122 cm³/mol. The Morgan fingerprint density at radius 2 is 1.84 bits per heavy atom. The number of carbonyl (C=O) groups excluding carboxylic acids is 2. The second kappa shape index (κ2) is 9.23. The molecule has 0 aliphatic carbocycles. The normalized spacial score (nSPS) is 12.4. The van der Waals surface area contributed by atoms with E-state index in [1.54, 1.807) is 41.3 Å². The number of fused-ring (bicyclic) bond motifs is 1. The number of nitrogens with zero attached hydrogens (tertiary/aromatic N) is 1. The van der Waals surface area contributed by atoms with Gasteiger partial charge in [-0.3, -0.25) is 9.59 Å². The molecule has 0 saturated carbocycles. The quantitative estimate of drug-likeness (QED) is 0.602. The maximum Gasteiger partial charge on any atom is 0.258 e. The van der Waals surface area contributed by atoms with Crippen molar-refractivity contribution in [3.63, 3.8) is 0 Å². The van der Waals surface area contributed by atoms with Gasteiger partial charge in [-0.2, -0.15) is 0 Å². The lowest BCUT2D eigenvalue weighted by Gasteiger charge is -2.18. The minimum absolute atomic E-state index is 0.0535. The number of anilines is 1. The zero-order valence-corrected chi connectivity index (χ0v) is 18.0. The van der Waals surface area contributed by atoms with E-state index in [0.29, 0.717) is 41.6 Å². The molecule has 0 spiro atoms. The Balaban J connectivity index is 1.48. The molecule has 6 heteroatoms. The van der Waals surface area contributed by atoms with Crippen LogP contribution in [0.3, 0.4) is 0 Å². The molecule has 158 valence electrons. The van der Waals surface area contributed by atoms with E-state index in [-0.39, 0.29) is 11.8 Å². The minimum Gasteiger partial charge on any atom is -0.493 e. The van der Waals surface area contributed by atoms with Gasteiger partial charge in [0.1, 0.15) is 5.75 Å². The Hall–Kier alpha value is -3.31. The summed E-state index contributed by atoms with van der Waals surface area (Å²) in [6.45, 7) is 3.37. The molecule has 0 bridgehead atoms. The van der Waals surface area contributed by atoms with E-state index in [4.69, 9.17) is 16.3 Å². The number of nitrogens with one attached hydrogen (secondary N) is 1. The predicted octanol–water partition coefficient (Wildman–Crippen LogP) is 4.87. The van der Waals surface area contributed by atoms with Gasteiger partial charge in [-0.05, 0) is 66.9 Å². The van der Waals surface area contributed by atoms with Crippen molar-refractivity contribution in [2.24, 2.45) is 0 Å². The van der Waals surface area contributed by atoms with Crippen LogP contribution in [0.4, 0.5) is 5.69 Å². The Morgan fingerprint density at radius 3 is 2.61 bits per heavy atom. The smallest absolute Gasteiger partial charge is 0.258 e. The molecule has 1 aliphatic rings. The summed E-state index contributed by atoms with van der Waals surface area (Å²) < 4.78 is 5.55. The molecular weight excluding hydrogens is 412 g/mol. The zero-order valence-electron chi connectivity index (χ0n) is 17.2. The third-order valence-corrected chi connectivity index (χ3v) is 5.52. The first kappa shape index (κ1) is 20.9. The number of rotatable bonds is 6. The molecular formula is C25H23ClN2O3. The highest BCUT2D eigenvalue weighted by molar-refractivity contribution is 6.30. The van der Waals surface area contributed by atoms with Gasteiger partial charge in [0.05, 0.1) is 12.2 Å². The molecule has 2 amide bonds. The van der Waals surface area contributed by atoms with Crippen molar-refractivity contribution < 1.29 is 14.3 Å². The summed E-state index contributed by atoms with van der Waals surface area (Å²) in [5, 5.41) is 3.55. The lowest BCUT2D eigenvalue weighted by molar-refractivity contribution is 0.0945. The van der Waals surface area contributed by atoms with Crippen molar-refractivity contribution in [2.75, 3.05) is 18.1 Å². The molecule has 0 radical (unpaired) electrons. The fourth-order valence-electron chi connectivity index (χ4n) is 3.71. The van der Waals surface area contributed by atoms with E-state index in [1.807, 2.05) is 37.3 Å². The molecule has 3 aromatic carbocycles. The lowest BCUT2D eigenvalue weighted by atomic mass is 10.1. The molecule has 1 aliphatic heterocycles. The highest BCUT2D eigenvalue weighted by atomic mass is 35.5. The van der Waals surface area contributed by atoms with Crippen molar-refractivity contribution in [2.45, 2.75) is 19.9 Å². The average molecular weight is 435 g/mol. The van der Waals surface area contributed by atoms with Gasteiger partial charge in [-0.25, -0.2) is 0 Å². The number of amides is 2. The largest absolute Gasteiger partial charge is 0.493 e. The van der Waals surface area contributed by atoms with Crippen LogP contribution in [0.15, 0.2) is 66.7 Å². The SMILES string of the molecule is CCOc1ccccc1C(=O)NCc1ccc2c(c1)N(C(=O)c1ccc(Cl)cc1)CC2. The number of hydrogen-bond acceptors (Lipinski definition) is 3. The molecule has 3 aromatic rings. The Morgan fingerprint density at radius 1 is 1.06 bits per heavy atom. The number of para-hydroxylation sites is 1. The van der Waals surface area contributed by atoms with E-state index < -0.39 is 0 Å². The number of ether oxygens (including phenoxy) is 1. The van der Waals surface area contributed by atoms with E-state index in [0.717, 1.165) is 23.2 Å². The molecule has 5 nitrogen and oxygen atoms in total. The van der Waals surface area contributed by atoms with Crippen LogP contribution in [-0.2, 0) is 13.0 Å². The van der Waals surface area contributed by atoms with Gasteiger partial charge in [-0.1, -0.05) is 35.9 Å². The summed E-state index contributed by atoms with van der Waals surface area (Å²) >= 11 is 5.94. The topological polar surface area (TPSA) is 58.6 Å². The highest BCUT2D eigenvalue weighted by Crippen LogP contribution is 2.30. The van der Waals surface area contributed by atoms with Crippen LogP contribution < -0.4 is 15.0 Å². The van der Waals surface area contributed by atoms with Crippen molar-refractivity contribution in [1.29, 1.82) is 0 Å². The van der Waals surface area contributed by atoms with Crippen LogP contribution in [0.2, 0.25) is 5.02 Å². The lowest BCUT2D eigenvalue weighted by Crippen LogP contribution is -2.29. The summed E-state index contributed by atoms with van der Waals surface area (Å²) in [4.78, 5) is 27.4. The summed E-state index contributed by atoms with van der Waals surface area (Å²) in [7, 11) is 0. The number of halogens is 1. The van der Waals surface area contributed by atoms with Gasteiger partial charge in [0.15, 0.2) is 0 Å². The highest BCUT2D eigenvalue weighted by Gasteiger charge is 2.26. The first-order valence-corrected chi connectivity index (χ1v) is 10.6. The van der Waals surface area contributed by atoms with E-state index in [1.165, 1.54) is 0 Å². The van der Waals surface area contributed by atoms with Crippen LogP contribution in [0.1, 0.15) is 38.8 Å². The second-order valence-electron chi connectivity index (χ2n) is 7.29. The fraction of sp³-hybridized carbons (Fsp3) is 0.200. The van der Waals surface area contributed by atoms with Crippen molar-refractivity contribution in [3.05, 3.63) is 94.0 Å². The molecule has 0 unspecified atom stereocenters. The summed E-state index contributed by atoms with van der Waals surface area (Å²) in [5.74, 6) is 0.317.